The number of alkyl halides is 3. The van der Waals surface area contributed by atoms with Gasteiger partial charge in [-0.05, 0) is 22.6 Å². The molecule has 0 saturated heterocycles. The van der Waals surface area contributed by atoms with Crippen LogP contribution in [0.15, 0.2) is 6.07 Å². The highest BCUT2D eigenvalue weighted by atomic mass is 127. The van der Waals surface area contributed by atoms with Gasteiger partial charge < -0.3 is 10.5 Å². The maximum absolute atomic E-state index is 12.0. The first-order valence-corrected chi connectivity index (χ1v) is 5.46. The van der Waals surface area contributed by atoms with Crippen molar-refractivity contribution in [2.24, 2.45) is 5.73 Å². The summed E-state index contributed by atoms with van der Waals surface area (Å²) in [7, 11) is 0. The Balaban J connectivity index is 3.15. The normalized spacial score (nSPS) is 11.1. The lowest BCUT2D eigenvalue weighted by Gasteiger charge is -2.12. The molecule has 8 heteroatoms. The first kappa shape index (κ1) is 14.0. The van der Waals surface area contributed by atoms with Gasteiger partial charge in [0.25, 0.3) is 0 Å². The molecule has 0 aliphatic heterocycles. The minimum Gasteiger partial charge on any atom is -0.388 e. The van der Waals surface area contributed by atoms with Gasteiger partial charge in [-0.2, -0.15) is 5.26 Å². The van der Waals surface area contributed by atoms with E-state index in [1.54, 1.807) is 0 Å². The standard InChI is InChI=1S/C9H7F3IN3O/c10-9(11,12)17-8-3-6(13)5(4-15)7(16-8)1-2-14/h3H,1,4,15H2. The van der Waals surface area contributed by atoms with Crippen LogP contribution in [0.25, 0.3) is 0 Å². The first-order valence-electron chi connectivity index (χ1n) is 4.38. The van der Waals surface area contributed by atoms with Crippen LogP contribution in [0.5, 0.6) is 5.88 Å². The number of nitrogens with zero attached hydrogens (tertiary/aromatic N) is 2. The molecule has 0 atom stereocenters. The second kappa shape index (κ2) is 5.50. The molecule has 0 bridgehead atoms. The number of hydrogen-bond acceptors (Lipinski definition) is 4. The molecule has 0 aliphatic carbocycles. The van der Waals surface area contributed by atoms with E-state index in [9.17, 15) is 13.2 Å². The minimum atomic E-state index is -4.80. The third-order valence-corrected chi connectivity index (χ3v) is 2.77. The van der Waals surface area contributed by atoms with Crippen molar-refractivity contribution in [3.63, 3.8) is 0 Å². The van der Waals surface area contributed by atoms with E-state index >= 15 is 0 Å². The van der Waals surface area contributed by atoms with Crippen molar-refractivity contribution in [2.45, 2.75) is 19.3 Å². The largest absolute Gasteiger partial charge is 0.574 e. The lowest BCUT2D eigenvalue weighted by Crippen LogP contribution is -2.19. The van der Waals surface area contributed by atoms with E-state index in [1.807, 2.05) is 28.7 Å². The van der Waals surface area contributed by atoms with E-state index in [2.05, 4.69) is 9.72 Å². The van der Waals surface area contributed by atoms with Crippen LogP contribution in [-0.2, 0) is 13.0 Å². The van der Waals surface area contributed by atoms with E-state index in [-0.39, 0.29) is 18.7 Å². The van der Waals surface area contributed by atoms with Crippen LogP contribution in [0.1, 0.15) is 11.3 Å². The van der Waals surface area contributed by atoms with Crippen LogP contribution in [0.2, 0.25) is 0 Å². The molecule has 0 spiro atoms. The quantitative estimate of drug-likeness (QED) is 0.842. The van der Waals surface area contributed by atoms with Crippen molar-refractivity contribution >= 4 is 22.6 Å². The summed E-state index contributed by atoms with van der Waals surface area (Å²) < 4.78 is 40.2. The number of nitrogens with two attached hydrogens (primary N) is 1. The Morgan fingerprint density at radius 2 is 2.18 bits per heavy atom. The van der Waals surface area contributed by atoms with Crippen molar-refractivity contribution in [1.82, 2.24) is 4.98 Å². The molecule has 0 saturated carbocycles. The molecule has 0 aromatic carbocycles. The molecule has 1 rings (SSSR count). The summed E-state index contributed by atoms with van der Waals surface area (Å²) in [5.41, 5.74) is 6.21. The van der Waals surface area contributed by atoms with Crippen molar-refractivity contribution in [1.29, 1.82) is 5.26 Å². The third-order valence-electron chi connectivity index (χ3n) is 1.80. The predicted octanol–water partition coefficient (Wildman–Crippen LogP) is 2.11. The molecule has 0 radical (unpaired) electrons. The molecule has 1 aromatic heterocycles. The number of pyridine rings is 1. The number of hydrogen-bond donors (Lipinski definition) is 1. The summed E-state index contributed by atoms with van der Waals surface area (Å²) in [5.74, 6) is -0.579. The Labute approximate surface area is 109 Å². The van der Waals surface area contributed by atoms with Gasteiger partial charge in [-0.15, -0.1) is 13.2 Å². The fraction of sp³-hybridized carbons (Fsp3) is 0.333. The molecule has 2 N–H and O–H groups in total. The number of rotatable bonds is 3. The lowest BCUT2D eigenvalue weighted by atomic mass is 10.1. The molecule has 92 valence electrons. The van der Waals surface area contributed by atoms with Crippen LogP contribution in [0.4, 0.5) is 13.2 Å². The fourth-order valence-electron chi connectivity index (χ4n) is 1.17. The van der Waals surface area contributed by atoms with E-state index < -0.39 is 12.2 Å². The molecule has 0 amide bonds. The average Bonchev–Trinajstić information content (AvgIpc) is 2.15. The van der Waals surface area contributed by atoms with Gasteiger partial charge in [0.1, 0.15) is 0 Å². The maximum Gasteiger partial charge on any atom is 0.574 e. The summed E-state index contributed by atoms with van der Waals surface area (Å²) in [6.45, 7) is 0.106. The lowest BCUT2D eigenvalue weighted by molar-refractivity contribution is -0.276. The Morgan fingerprint density at radius 3 is 2.65 bits per heavy atom. The topological polar surface area (TPSA) is 71.9 Å². The van der Waals surface area contributed by atoms with Gasteiger partial charge in [-0.25, -0.2) is 4.98 Å². The van der Waals surface area contributed by atoms with Gasteiger partial charge in [0.15, 0.2) is 0 Å². The van der Waals surface area contributed by atoms with Crippen molar-refractivity contribution in [3.8, 4) is 11.9 Å². The van der Waals surface area contributed by atoms with Crippen LogP contribution in [-0.4, -0.2) is 11.3 Å². The van der Waals surface area contributed by atoms with Gasteiger partial charge in [0, 0.05) is 21.7 Å². The van der Waals surface area contributed by atoms with Gasteiger partial charge in [0.2, 0.25) is 5.88 Å². The van der Waals surface area contributed by atoms with Crippen LogP contribution >= 0.6 is 22.6 Å². The highest BCUT2D eigenvalue weighted by Gasteiger charge is 2.32. The number of ether oxygens (including phenoxy) is 1. The van der Waals surface area contributed by atoms with Gasteiger partial charge >= 0.3 is 6.36 Å². The molecule has 0 aliphatic rings. The van der Waals surface area contributed by atoms with Gasteiger partial charge in [-0.1, -0.05) is 0 Å². The monoisotopic (exact) mass is 357 g/mol. The van der Waals surface area contributed by atoms with Crippen molar-refractivity contribution in [2.75, 3.05) is 0 Å². The summed E-state index contributed by atoms with van der Waals surface area (Å²) in [6, 6.07) is 2.95. The molecule has 1 heterocycles. The smallest absolute Gasteiger partial charge is 0.388 e. The summed E-state index contributed by atoms with van der Waals surface area (Å²) in [5, 5.41) is 8.56. The Hall–Kier alpha value is -1.08. The predicted molar refractivity (Wildman–Crippen MR) is 60.8 cm³/mol. The molecule has 0 fully saturated rings. The zero-order valence-electron chi connectivity index (χ0n) is 8.38. The summed E-state index contributed by atoms with van der Waals surface area (Å²) >= 11 is 1.83. The van der Waals surface area contributed by atoms with Crippen LogP contribution < -0.4 is 10.5 Å². The van der Waals surface area contributed by atoms with E-state index in [0.717, 1.165) is 6.07 Å². The van der Waals surface area contributed by atoms with Crippen molar-refractivity contribution in [3.05, 3.63) is 20.9 Å². The SMILES string of the molecule is N#CCc1nc(OC(F)(F)F)cc(I)c1CN. The second-order valence-corrected chi connectivity index (χ2v) is 4.12. The van der Waals surface area contributed by atoms with E-state index in [4.69, 9.17) is 11.0 Å². The average molecular weight is 357 g/mol. The zero-order valence-corrected chi connectivity index (χ0v) is 10.5. The zero-order chi connectivity index (χ0) is 13.1. The summed E-state index contributed by atoms with van der Waals surface area (Å²) in [6.07, 6.45) is -4.91. The van der Waals surface area contributed by atoms with Crippen LogP contribution in [0, 0.1) is 14.9 Å². The fourth-order valence-corrected chi connectivity index (χ4v) is 1.97. The summed E-state index contributed by atoms with van der Waals surface area (Å²) in [4.78, 5) is 3.63. The number of halogens is 4. The molecule has 1 aromatic rings. The molecule has 0 unspecified atom stereocenters. The van der Waals surface area contributed by atoms with Gasteiger partial charge in [0.05, 0.1) is 18.2 Å². The van der Waals surface area contributed by atoms with E-state index in [0.29, 0.717) is 9.13 Å². The molecule has 4 nitrogen and oxygen atoms in total. The Morgan fingerprint density at radius 1 is 1.53 bits per heavy atom. The number of nitriles is 1. The molecular formula is C9H7F3IN3O. The Bertz CT molecular complexity index is 456. The van der Waals surface area contributed by atoms with Crippen LogP contribution in [0.3, 0.4) is 0 Å². The first-order chi connectivity index (χ1) is 7.87. The molecule has 17 heavy (non-hydrogen) atoms. The molecular weight excluding hydrogens is 350 g/mol. The maximum atomic E-state index is 12.0. The highest BCUT2D eigenvalue weighted by molar-refractivity contribution is 14.1. The minimum absolute atomic E-state index is 0.106. The third kappa shape index (κ3) is 4.01. The second-order valence-electron chi connectivity index (χ2n) is 2.95. The van der Waals surface area contributed by atoms with Crippen molar-refractivity contribution < 1.29 is 17.9 Å². The van der Waals surface area contributed by atoms with Gasteiger partial charge in [-0.3, -0.25) is 0 Å². The Kier molecular flexibility index (Phi) is 4.53. The van der Waals surface area contributed by atoms with E-state index in [1.165, 1.54) is 0 Å². The highest BCUT2D eigenvalue weighted by Crippen LogP contribution is 2.25. The number of aromatic nitrogens is 1.